The molecule has 3 aromatic carbocycles. The van der Waals surface area contributed by atoms with Gasteiger partial charge in [0, 0.05) is 24.2 Å². The normalized spacial score (nSPS) is 11.8. The largest absolute Gasteiger partial charge is 0.495 e. The summed E-state index contributed by atoms with van der Waals surface area (Å²) < 4.78 is 58.9. The minimum atomic E-state index is -4.47. The van der Waals surface area contributed by atoms with E-state index in [0.717, 1.165) is 4.31 Å². The minimum Gasteiger partial charge on any atom is -0.495 e. The molecule has 0 bridgehead atoms. The molecule has 1 N–H and O–H groups in total. The molecule has 0 radical (unpaired) electrons. The molecule has 0 aromatic heterocycles. The van der Waals surface area contributed by atoms with Gasteiger partial charge in [-0.15, -0.1) is 0 Å². The van der Waals surface area contributed by atoms with Crippen LogP contribution < -0.4 is 23.8 Å². The number of nitrogens with one attached hydrogen (secondary N) is 1. The molecule has 13 heteroatoms. The Morgan fingerprint density at radius 1 is 0.930 bits per heavy atom. The van der Waals surface area contributed by atoms with Crippen LogP contribution in [0.1, 0.15) is 25.8 Å². The number of carbonyl (C=O) groups is 2. The number of sulfonamides is 1. The van der Waals surface area contributed by atoms with Gasteiger partial charge in [0.1, 0.15) is 24.2 Å². The van der Waals surface area contributed by atoms with Crippen molar-refractivity contribution >= 4 is 39.1 Å². The number of nitrogens with zero attached hydrogens (tertiary/aromatic N) is 2. The van der Waals surface area contributed by atoms with Gasteiger partial charge < -0.3 is 24.4 Å². The summed E-state index contributed by atoms with van der Waals surface area (Å²) in [5, 5.41) is 2.96. The SMILES string of the molecule is CCCNC(=O)[C@H](C)N(Cc1ccc(F)cc1)C(=O)CN(c1cc(Cl)ccc1OC)S(=O)(=O)c1ccc(OC)c(OC)c1. The van der Waals surface area contributed by atoms with Gasteiger partial charge in [0.15, 0.2) is 11.5 Å². The van der Waals surface area contributed by atoms with Crippen LogP contribution in [0.3, 0.4) is 0 Å². The predicted octanol–water partition coefficient (Wildman–Crippen LogP) is 4.64. The van der Waals surface area contributed by atoms with E-state index < -0.39 is 40.2 Å². The fourth-order valence-corrected chi connectivity index (χ4v) is 5.84. The first-order chi connectivity index (χ1) is 20.5. The first kappa shape index (κ1) is 33.5. The third kappa shape index (κ3) is 8.08. The fourth-order valence-electron chi connectivity index (χ4n) is 4.24. The van der Waals surface area contributed by atoms with Crippen molar-refractivity contribution in [2.75, 3.05) is 38.7 Å². The lowest BCUT2D eigenvalue weighted by Gasteiger charge is -2.32. The quantitative estimate of drug-likeness (QED) is 0.274. The highest BCUT2D eigenvalue weighted by Crippen LogP contribution is 2.37. The van der Waals surface area contributed by atoms with Crippen molar-refractivity contribution in [3.8, 4) is 17.2 Å². The number of hydrogen-bond acceptors (Lipinski definition) is 7. The van der Waals surface area contributed by atoms with Gasteiger partial charge in [-0.2, -0.15) is 0 Å². The van der Waals surface area contributed by atoms with E-state index in [0.29, 0.717) is 24.3 Å². The Kier molecular flexibility index (Phi) is 11.6. The van der Waals surface area contributed by atoms with E-state index in [2.05, 4.69) is 5.32 Å². The molecule has 232 valence electrons. The van der Waals surface area contributed by atoms with Crippen molar-refractivity contribution in [3.05, 3.63) is 77.1 Å². The van der Waals surface area contributed by atoms with Crippen LogP contribution in [0.25, 0.3) is 0 Å². The van der Waals surface area contributed by atoms with Crippen LogP contribution in [0.5, 0.6) is 17.2 Å². The highest BCUT2D eigenvalue weighted by molar-refractivity contribution is 7.92. The van der Waals surface area contributed by atoms with E-state index in [1.165, 1.54) is 86.9 Å². The molecule has 0 heterocycles. The molecule has 0 aliphatic rings. The first-order valence-corrected chi connectivity index (χ1v) is 15.2. The van der Waals surface area contributed by atoms with E-state index in [4.69, 9.17) is 25.8 Å². The molecule has 0 aliphatic carbocycles. The molecule has 0 saturated heterocycles. The fraction of sp³-hybridized carbons (Fsp3) is 0.333. The van der Waals surface area contributed by atoms with Crippen molar-refractivity contribution < 1.29 is 36.6 Å². The Hall–Kier alpha value is -4.03. The Bertz CT molecular complexity index is 1540. The number of ether oxygens (including phenoxy) is 3. The van der Waals surface area contributed by atoms with Crippen molar-refractivity contribution in [3.63, 3.8) is 0 Å². The lowest BCUT2D eigenvalue weighted by Crippen LogP contribution is -2.51. The number of methoxy groups -OCH3 is 3. The lowest BCUT2D eigenvalue weighted by molar-refractivity contribution is -0.139. The Morgan fingerprint density at radius 3 is 2.16 bits per heavy atom. The molecule has 3 aromatic rings. The maximum Gasteiger partial charge on any atom is 0.265 e. The van der Waals surface area contributed by atoms with E-state index in [9.17, 15) is 22.4 Å². The summed E-state index contributed by atoms with van der Waals surface area (Å²) >= 11 is 6.27. The van der Waals surface area contributed by atoms with Gasteiger partial charge in [-0.1, -0.05) is 30.7 Å². The molecular weight excluding hydrogens is 601 g/mol. The third-order valence-electron chi connectivity index (χ3n) is 6.61. The summed E-state index contributed by atoms with van der Waals surface area (Å²) in [6.07, 6.45) is 0.677. The molecule has 0 aliphatic heterocycles. The second-order valence-electron chi connectivity index (χ2n) is 9.46. The molecule has 43 heavy (non-hydrogen) atoms. The highest BCUT2D eigenvalue weighted by atomic mass is 35.5. The molecule has 10 nitrogen and oxygen atoms in total. The number of benzene rings is 3. The number of rotatable bonds is 14. The smallest absolute Gasteiger partial charge is 0.265 e. The molecule has 1 atom stereocenters. The predicted molar refractivity (Wildman–Crippen MR) is 162 cm³/mol. The van der Waals surface area contributed by atoms with Gasteiger partial charge in [0.05, 0.1) is 31.9 Å². The number of amides is 2. The average Bonchev–Trinajstić information content (AvgIpc) is 3.01. The van der Waals surface area contributed by atoms with Gasteiger partial charge in [0.2, 0.25) is 11.8 Å². The van der Waals surface area contributed by atoms with E-state index in [1.54, 1.807) is 6.92 Å². The van der Waals surface area contributed by atoms with Crippen LogP contribution in [-0.2, 0) is 26.2 Å². The van der Waals surface area contributed by atoms with Crippen LogP contribution in [0.4, 0.5) is 10.1 Å². The Labute approximate surface area is 256 Å². The molecule has 3 rings (SSSR count). The zero-order chi connectivity index (χ0) is 31.7. The molecular formula is C30H35ClFN3O7S. The van der Waals surface area contributed by atoms with Crippen LogP contribution in [0.15, 0.2) is 65.6 Å². The Morgan fingerprint density at radius 2 is 1.56 bits per heavy atom. The number of carbonyl (C=O) groups excluding carboxylic acids is 2. The van der Waals surface area contributed by atoms with Crippen LogP contribution in [0, 0.1) is 5.82 Å². The van der Waals surface area contributed by atoms with Crippen molar-refractivity contribution in [1.29, 1.82) is 0 Å². The zero-order valence-electron chi connectivity index (χ0n) is 24.6. The summed E-state index contributed by atoms with van der Waals surface area (Å²) in [7, 11) is -0.322. The van der Waals surface area contributed by atoms with Crippen LogP contribution in [-0.4, -0.2) is 65.6 Å². The zero-order valence-corrected chi connectivity index (χ0v) is 26.2. The highest BCUT2D eigenvalue weighted by Gasteiger charge is 2.34. The van der Waals surface area contributed by atoms with Crippen LogP contribution >= 0.6 is 11.6 Å². The van der Waals surface area contributed by atoms with Gasteiger partial charge in [-0.25, -0.2) is 12.8 Å². The summed E-state index contributed by atoms with van der Waals surface area (Å²) in [5.74, 6) is -0.981. The van der Waals surface area contributed by atoms with Gasteiger partial charge in [-0.3, -0.25) is 13.9 Å². The molecule has 0 saturated carbocycles. The Balaban J connectivity index is 2.13. The van der Waals surface area contributed by atoms with E-state index >= 15 is 0 Å². The maximum atomic E-state index is 14.2. The summed E-state index contributed by atoms with van der Waals surface area (Å²) in [6.45, 7) is 3.01. The number of hydrogen-bond donors (Lipinski definition) is 1. The van der Waals surface area contributed by atoms with Crippen LogP contribution in [0.2, 0.25) is 5.02 Å². The summed E-state index contributed by atoms with van der Waals surface area (Å²) in [4.78, 5) is 28.1. The van der Waals surface area contributed by atoms with Crippen molar-refractivity contribution in [1.82, 2.24) is 10.2 Å². The molecule has 0 fully saturated rings. The average molecular weight is 636 g/mol. The first-order valence-electron chi connectivity index (χ1n) is 13.4. The van der Waals surface area contributed by atoms with E-state index in [1.807, 2.05) is 6.92 Å². The van der Waals surface area contributed by atoms with Crippen molar-refractivity contribution in [2.24, 2.45) is 0 Å². The number of anilines is 1. The monoisotopic (exact) mass is 635 g/mol. The lowest BCUT2D eigenvalue weighted by atomic mass is 10.1. The van der Waals surface area contributed by atoms with Gasteiger partial charge in [0.25, 0.3) is 10.0 Å². The number of halogens is 2. The van der Waals surface area contributed by atoms with Crippen molar-refractivity contribution in [2.45, 2.75) is 37.8 Å². The third-order valence-corrected chi connectivity index (χ3v) is 8.60. The molecule has 0 unspecified atom stereocenters. The molecule has 0 spiro atoms. The minimum absolute atomic E-state index is 0.00274. The maximum absolute atomic E-state index is 14.2. The summed E-state index contributed by atoms with van der Waals surface area (Å²) in [5.41, 5.74) is 0.544. The summed E-state index contributed by atoms with van der Waals surface area (Å²) in [6, 6.07) is 12.9. The van der Waals surface area contributed by atoms with E-state index in [-0.39, 0.29) is 33.6 Å². The topological polar surface area (TPSA) is 114 Å². The molecule has 2 amide bonds. The van der Waals surface area contributed by atoms with Gasteiger partial charge >= 0.3 is 0 Å². The van der Waals surface area contributed by atoms with Gasteiger partial charge in [-0.05, 0) is 61.4 Å². The second-order valence-corrected chi connectivity index (χ2v) is 11.8. The standard InChI is InChI=1S/C30H35ClFN3O7S/c1-6-15-33-30(37)20(2)34(18-21-7-10-23(32)11-8-21)29(36)19-35(25-16-22(31)9-13-26(25)40-3)43(38,39)24-12-14-27(41-4)28(17-24)42-5/h7-14,16-17,20H,6,15,18-19H2,1-5H3,(H,33,37)/t20-/m0/s1. The second kappa shape index (κ2) is 14.9.